The SMILES string of the molecule is CC(CC(=O)N1CCC(CO)C1)c1ccccc1. The van der Waals surface area contributed by atoms with Gasteiger partial charge in [0.25, 0.3) is 0 Å². The summed E-state index contributed by atoms with van der Waals surface area (Å²) < 4.78 is 0. The number of aliphatic hydroxyl groups is 1. The summed E-state index contributed by atoms with van der Waals surface area (Å²) in [5.74, 6) is 0.746. The normalized spacial score (nSPS) is 21.0. The molecule has 18 heavy (non-hydrogen) atoms. The Labute approximate surface area is 108 Å². The smallest absolute Gasteiger partial charge is 0.223 e. The Bertz CT molecular complexity index is 391. The number of rotatable bonds is 4. The highest BCUT2D eigenvalue weighted by atomic mass is 16.3. The average molecular weight is 247 g/mol. The van der Waals surface area contributed by atoms with Gasteiger partial charge in [-0.1, -0.05) is 37.3 Å². The minimum absolute atomic E-state index is 0.192. The highest BCUT2D eigenvalue weighted by molar-refractivity contribution is 5.77. The van der Waals surface area contributed by atoms with Crippen molar-refractivity contribution < 1.29 is 9.90 Å². The molecule has 0 aromatic heterocycles. The number of aliphatic hydroxyl groups excluding tert-OH is 1. The fourth-order valence-electron chi connectivity index (χ4n) is 2.50. The Balaban J connectivity index is 1.88. The number of nitrogens with zero attached hydrogens (tertiary/aromatic N) is 1. The van der Waals surface area contributed by atoms with E-state index in [9.17, 15) is 4.79 Å². The second-order valence-corrected chi connectivity index (χ2v) is 5.19. The van der Waals surface area contributed by atoms with Crippen LogP contribution < -0.4 is 0 Å². The predicted octanol–water partition coefficient (Wildman–Crippen LogP) is 2.02. The van der Waals surface area contributed by atoms with Crippen LogP contribution in [-0.4, -0.2) is 35.6 Å². The molecular weight excluding hydrogens is 226 g/mol. The van der Waals surface area contributed by atoms with E-state index in [-0.39, 0.29) is 24.3 Å². The van der Waals surface area contributed by atoms with Crippen molar-refractivity contribution in [1.82, 2.24) is 4.90 Å². The fraction of sp³-hybridized carbons (Fsp3) is 0.533. The van der Waals surface area contributed by atoms with Gasteiger partial charge >= 0.3 is 0 Å². The molecule has 3 heteroatoms. The number of hydrogen-bond donors (Lipinski definition) is 1. The standard InChI is InChI=1S/C15H21NO2/c1-12(14-5-3-2-4-6-14)9-15(18)16-8-7-13(10-16)11-17/h2-6,12-13,17H,7-11H2,1H3. The summed E-state index contributed by atoms with van der Waals surface area (Å²) in [4.78, 5) is 14.0. The van der Waals surface area contributed by atoms with Crippen LogP contribution in [0, 0.1) is 5.92 Å². The molecule has 1 aromatic carbocycles. The van der Waals surface area contributed by atoms with Gasteiger partial charge in [-0.2, -0.15) is 0 Å². The van der Waals surface area contributed by atoms with Crippen molar-refractivity contribution in [2.24, 2.45) is 5.92 Å². The van der Waals surface area contributed by atoms with Crippen LogP contribution in [0.15, 0.2) is 30.3 Å². The fourth-order valence-corrected chi connectivity index (χ4v) is 2.50. The maximum Gasteiger partial charge on any atom is 0.223 e. The third kappa shape index (κ3) is 3.10. The molecule has 1 amide bonds. The second-order valence-electron chi connectivity index (χ2n) is 5.19. The molecular formula is C15H21NO2. The van der Waals surface area contributed by atoms with Crippen molar-refractivity contribution in [2.45, 2.75) is 25.7 Å². The summed E-state index contributed by atoms with van der Waals surface area (Å²) in [6.45, 7) is 3.80. The van der Waals surface area contributed by atoms with Gasteiger partial charge in [0.1, 0.15) is 0 Å². The van der Waals surface area contributed by atoms with E-state index in [1.54, 1.807) is 0 Å². The first-order chi connectivity index (χ1) is 8.70. The van der Waals surface area contributed by atoms with E-state index < -0.39 is 0 Å². The minimum Gasteiger partial charge on any atom is -0.396 e. The van der Waals surface area contributed by atoms with Crippen LogP contribution in [0.5, 0.6) is 0 Å². The van der Waals surface area contributed by atoms with Crippen molar-refractivity contribution in [1.29, 1.82) is 0 Å². The van der Waals surface area contributed by atoms with E-state index in [1.807, 2.05) is 23.1 Å². The van der Waals surface area contributed by atoms with E-state index in [4.69, 9.17) is 5.11 Å². The lowest BCUT2D eigenvalue weighted by Gasteiger charge is -2.19. The number of carbonyl (C=O) groups excluding carboxylic acids is 1. The van der Waals surface area contributed by atoms with Gasteiger partial charge in [0.15, 0.2) is 0 Å². The van der Waals surface area contributed by atoms with Gasteiger partial charge in [-0.15, -0.1) is 0 Å². The van der Waals surface area contributed by atoms with Gasteiger partial charge in [-0.3, -0.25) is 4.79 Å². The first-order valence-electron chi connectivity index (χ1n) is 6.64. The molecule has 0 bridgehead atoms. The first-order valence-corrected chi connectivity index (χ1v) is 6.64. The van der Waals surface area contributed by atoms with Crippen LogP contribution in [0.4, 0.5) is 0 Å². The van der Waals surface area contributed by atoms with Crippen molar-refractivity contribution >= 4 is 5.91 Å². The van der Waals surface area contributed by atoms with E-state index >= 15 is 0 Å². The summed E-state index contributed by atoms with van der Waals surface area (Å²) in [6.07, 6.45) is 1.49. The molecule has 1 saturated heterocycles. The molecule has 0 aliphatic carbocycles. The molecule has 1 N–H and O–H groups in total. The van der Waals surface area contributed by atoms with Crippen molar-refractivity contribution in [2.75, 3.05) is 19.7 Å². The van der Waals surface area contributed by atoms with Crippen molar-refractivity contribution in [3.63, 3.8) is 0 Å². The lowest BCUT2D eigenvalue weighted by molar-refractivity contribution is -0.130. The average Bonchev–Trinajstić information content (AvgIpc) is 2.88. The molecule has 0 radical (unpaired) electrons. The molecule has 1 aliphatic rings. The topological polar surface area (TPSA) is 40.5 Å². The van der Waals surface area contributed by atoms with Crippen LogP contribution in [-0.2, 0) is 4.79 Å². The largest absolute Gasteiger partial charge is 0.396 e. The third-order valence-electron chi connectivity index (χ3n) is 3.75. The van der Waals surface area contributed by atoms with E-state index in [1.165, 1.54) is 5.56 Å². The van der Waals surface area contributed by atoms with Gasteiger partial charge < -0.3 is 10.0 Å². The molecule has 2 unspecified atom stereocenters. The van der Waals surface area contributed by atoms with Crippen molar-refractivity contribution in [3.8, 4) is 0 Å². The first kappa shape index (κ1) is 13.1. The summed E-state index contributed by atoms with van der Waals surface area (Å²) in [7, 11) is 0. The summed E-state index contributed by atoms with van der Waals surface area (Å²) in [6, 6.07) is 10.1. The molecule has 3 nitrogen and oxygen atoms in total. The van der Waals surface area contributed by atoms with Crippen LogP contribution in [0.1, 0.15) is 31.2 Å². The predicted molar refractivity (Wildman–Crippen MR) is 71.2 cm³/mol. The summed E-state index contributed by atoms with van der Waals surface area (Å²) in [5.41, 5.74) is 1.21. The minimum atomic E-state index is 0.192. The molecule has 0 saturated carbocycles. The van der Waals surface area contributed by atoms with E-state index in [0.717, 1.165) is 19.5 Å². The third-order valence-corrected chi connectivity index (χ3v) is 3.75. The Morgan fingerprint density at radius 2 is 2.17 bits per heavy atom. The summed E-state index contributed by atoms with van der Waals surface area (Å²) in [5, 5.41) is 9.09. The van der Waals surface area contributed by atoms with Crippen LogP contribution in [0.2, 0.25) is 0 Å². The maximum atomic E-state index is 12.1. The highest BCUT2D eigenvalue weighted by Crippen LogP contribution is 2.22. The second kappa shape index (κ2) is 6.01. The van der Waals surface area contributed by atoms with Gasteiger partial charge in [0, 0.05) is 32.0 Å². The van der Waals surface area contributed by atoms with Gasteiger partial charge in [-0.05, 0) is 17.9 Å². The van der Waals surface area contributed by atoms with Gasteiger partial charge in [0.05, 0.1) is 0 Å². The van der Waals surface area contributed by atoms with E-state index in [0.29, 0.717) is 6.42 Å². The lowest BCUT2D eigenvalue weighted by Crippen LogP contribution is -2.29. The molecule has 0 spiro atoms. The Kier molecular flexibility index (Phi) is 4.37. The summed E-state index contributed by atoms with van der Waals surface area (Å²) >= 11 is 0. The molecule has 1 aliphatic heterocycles. The quantitative estimate of drug-likeness (QED) is 0.884. The number of amides is 1. The molecule has 1 heterocycles. The monoisotopic (exact) mass is 247 g/mol. The zero-order valence-electron chi connectivity index (χ0n) is 10.9. The van der Waals surface area contributed by atoms with Gasteiger partial charge in [0.2, 0.25) is 5.91 Å². The maximum absolute atomic E-state index is 12.1. The molecule has 2 atom stereocenters. The Hall–Kier alpha value is -1.35. The lowest BCUT2D eigenvalue weighted by atomic mass is 9.97. The van der Waals surface area contributed by atoms with E-state index in [2.05, 4.69) is 19.1 Å². The number of likely N-dealkylation sites (tertiary alicyclic amines) is 1. The van der Waals surface area contributed by atoms with Crippen molar-refractivity contribution in [3.05, 3.63) is 35.9 Å². The number of hydrogen-bond acceptors (Lipinski definition) is 2. The molecule has 98 valence electrons. The number of benzene rings is 1. The zero-order valence-corrected chi connectivity index (χ0v) is 10.9. The highest BCUT2D eigenvalue weighted by Gasteiger charge is 2.26. The molecule has 1 fully saturated rings. The molecule has 2 rings (SSSR count). The van der Waals surface area contributed by atoms with Gasteiger partial charge in [-0.25, -0.2) is 0 Å². The Morgan fingerprint density at radius 1 is 1.44 bits per heavy atom. The van der Waals surface area contributed by atoms with Crippen LogP contribution in [0.3, 0.4) is 0 Å². The zero-order chi connectivity index (χ0) is 13.0. The Morgan fingerprint density at radius 3 is 2.78 bits per heavy atom. The number of carbonyl (C=O) groups is 1. The molecule has 1 aromatic rings. The van der Waals surface area contributed by atoms with Crippen LogP contribution >= 0.6 is 0 Å². The van der Waals surface area contributed by atoms with Crippen LogP contribution in [0.25, 0.3) is 0 Å².